The Bertz CT molecular complexity index is 451. The molecule has 1 saturated heterocycles. The summed E-state index contributed by atoms with van der Waals surface area (Å²) in [6.07, 6.45) is 1.11. The summed E-state index contributed by atoms with van der Waals surface area (Å²) in [6.45, 7) is 3.14. The van der Waals surface area contributed by atoms with E-state index in [2.05, 4.69) is 41.3 Å². The number of halogens is 1. The van der Waals surface area contributed by atoms with Gasteiger partial charge < -0.3 is 9.80 Å². The number of rotatable bonds is 2. The van der Waals surface area contributed by atoms with Gasteiger partial charge in [-0.2, -0.15) is 9.64 Å². The second-order valence-corrected chi connectivity index (χ2v) is 5.63. The summed E-state index contributed by atoms with van der Waals surface area (Å²) in [5, 5.41) is 10.3. The van der Waals surface area contributed by atoms with Crippen molar-refractivity contribution in [3.63, 3.8) is 0 Å². The third-order valence-electron chi connectivity index (χ3n) is 3.38. The number of hydrogen-bond acceptors (Lipinski definition) is 5. The highest BCUT2D eigenvalue weighted by Gasteiger charge is 2.34. The van der Waals surface area contributed by atoms with E-state index in [1.54, 1.807) is 0 Å². The van der Waals surface area contributed by atoms with Crippen molar-refractivity contribution in [1.82, 2.24) is 9.27 Å². The van der Waals surface area contributed by atoms with Crippen molar-refractivity contribution in [3.05, 3.63) is 10.7 Å². The number of nitrogens with zero attached hydrogens (tertiary/aromatic N) is 4. The number of likely N-dealkylation sites (N-methyl/N-ethyl adjacent to an activating group) is 1. The Morgan fingerprint density at radius 3 is 2.82 bits per heavy atom. The maximum Gasteiger partial charge on any atom is 0.162 e. The molecule has 0 N–H and O–H groups in total. The molecule has 1 fully saturated rings. The molecule has 4 nitrogen and oxygen atoms in total. The van der Waals surface area contributed by atoms with Crippen molar-refractivity contribution in [1.29, 1.82) is 5.26 Å². The van der Waals surface area contributed by atoms with Gasteiger partial charge in [0.2, 0.25) is 0 Å². The first-order chi connectivity index (χ1) is 8.06. The predicted molar refractivity (Wildman–Crippen MR) is 70.7 cm³/mol. The monoisotopic (exact) mass is 270 g/mol. The Morgan fingerprint density at radius 1 is 1.59 bits per heavy atom. The molecule has 2 heterocycles. The predicted octanol–water partition coefficient (Wildman–Crippen LogP) is 2.20. The smallest absolute Gasteiger partial charge is 0.162 e. The number of aromatic nitrogens is 1. The van der Waals surface area contributed by atoms with E-state index < -0.39 is 0 Å². The molecule has 1 aromatic heterocycles. The van der Waals surface area contributed by atoms with Crippen LogP contribution in [0.5, 0.6) is 0 Å². The molecule has 1 aliphatic rings. The zero-order chi connectivity index (χ0) is 12.6. The van der Waals surface area contributed by atoms with Crippen LogP contribution in [0.15, 0.2) is 0 Å². The van der Waals surface area contributed by atoms with Gasteiger partial charge in [-0.25, -0.2) is 0 Å². The fourth-order valence-corrected chi connectivity index (χ4v) is 3.60. The quantitative estimate of drug-likeness (QED) is 0.826. The largest absolute Gasteiger partial charge is 0.357 e. The van der Waals surface area contributed by atoms with Gasteiger partial charge in [0.1, 0.15) is 16.6 Å². The average molecular weight is 271 g/mol. The molecule has 6 heteroatoms. The molecule has 1 aromatic rings. The highest BCUT2D eigenvalue weighted by molar-refractivity contribution is 7.10. The molecular formula is C11H15ClN4S. The number of anilines is 1. The van der Waals surface area contributed by atoms with Crippen LogP contribution in [0, 0.1) is 11.3 Å². The minimum atomic E-state index is 0.327. The van der Waals surface area contributed by atoms with Gasteiger partial charge in [-0.05, 0) is 39.0 Å². The van der Waals surface area contributed by atoms with Crippen LogP contribution in [0.25, 0.3) is 0 Å². The average Bonchev–Trinajstić information content (AvgIpc) is 2.81. The van der Waals surface area contributed by atoms with Crippen LogP contribution in [0.3, 0.4) is 0 Å². The SMILES string of the molecule is CC1C(N(C)C)CCN1c1snc(Cl)c1C#N. The molecule has 92 valence electrons. The maximum absolute atomic E-state index is 9.10. The third-order valence-corrected chi connectivity index (χ3v) is 4.64. The summed E-state index contributed by atoms with van der Waals surface area (Å²) in [4.78, 5) is 4.48. The number of nitriles is 1. The van der Waals surface area contributed by atoms with Gasteiger partial charge in [0, 0.05) is 18.6 Å². The maximum atomic E-state index is 9.10. The van der Waals surface area contributed by atoms with E-state index in [4.69, 9.17) is 16.9 Å². The lowest BCUT2D eigenvalue weighted by atomic mass is 10.1. The van der Waals surface area contributed by atoms with Crippen LogP contribution in [-0.4, -0.2) is 42.0 Å². The molecule has 0 aromatic carbocycles. The standard InChI is InChI=1S/C11H15ClN4S/c1-7-9(15(2)3)4-5-16(7)11-8(6-13)10(12)14-17-11/h7,9H,4-5H2,1-3H3. The Morgan fingerprint density at radius 2 is 2.29 bits per heavy atom. The summed E-state index contributed by atoms with van der Waals surface area (Å²) in [5.74, 6) is 0. The normalized spacial score (nSPS) is 24.4. The van der Waals surface area contributed by atoms with Crippen molar-refractivity contribution >= 4 is 28.1 Å². The third kappa shape index (κ3) is 2.13. The second-order valence-electron chi connectivity index (χ2n) is 4.52. The highest BCUT2D eigenvalue weighted by atomic mass is 35.5. The van der Waals surface area contributed by atoms with Crippen LogP contribution in [0.1, 0.15) is 18.9 Å². The second kappa shape index (κ2) is 4.81. The summed E-state index contributed by atoms with van der Waals surface area (Å²) in [7, 11) is 4.19. The van der Waals surface area contributed by atoms with E-state index in [1.807, 2.05) is 0 Å². The first-order valence-electron chi connectivity index (χ1n) is 5.54. The van der Waals surface area contributed by atoms with Gasteiger partial charge in [0.25, 0.3) is 0 Å². The van der Waals surface area contributed by atoms with E-state index in [0.29, 0.717) is 22.8 Å². The molecule has 0 amide bonds. The minimum Gasteiger partial charge on any atom is -0.357 e. The zero-order valence-electron chi connectivity index (χ0n) is 10.1. The molecule has 17 heavy (non-hydrogen) atoms. The lowest BCUT2D eigenvalue weighted by Gasteiger charge is -2.28. The molecule has 2 rings (SSSR count). The van der Waals surface area contributed by atoms with Gasteiger partial charge in [-0.3, -0.25) is 0 Å². The molecule has 0 spiro atoms. The van der Waals surface area contributed by atoms with Crippen molar-refractivity contribution < 1.29 is 0 Å². The Kier molecular flexibility index (Phi) is 3.57. The fraction of sp³-hybridized carbons (Fsp3) is 0.636. The van der Waals surface area contributed by atoms with Crippen LogP contribution in [0.4, 0.5) is 5.00 Å². The van der Waals surface area contributed by atoms with Crippen LogP contribution < -0.4 is 4.90 Å². The Labute approximate surface area is 111 Å². The summed E-state index contributed by atoms with van der Waals surface area (Å²) >= 11 is 7.23. The molecule has 2 unspecified atom stereocenters. The molecule has 1 aliphatic heterocycles. The molecular weight excluding hydrogens is 256 g/mol. The van der Waals surface area contributed by atoms with Crippen molar-refractivity contribution in [2.75, 3.05) is 25.5 Å². The topological polar surface area (TPSA) is 43.2 Å². The van der Waals surface area contributed by atoms with Crippen LogP contribution >= 0.6 is 23.1 Å². The number of hydrogen-bond donors (Lipinski definition) is 0. The van der Waals surface area contributed by atoms with Gasteiger partial charge in [-0.1, -0.05) is 11.6 Å². The zero-order valence-corrected chi connectivity index (χ0v) is 11.7. The molecule has 0 radical (unpaired) electrons. The Hall–Kier alpha value is -0.830. The van der Waals surface area contributed by atoms with Gasteiger partial charge in [-0.15, -0.1) is 0 Å². The van der Waals surface area contributed by atoms with E-state index in [1.165, 1.54) is 11.5 Å². The summed E-state index contributed by atoms with van der Waals surface area (Å²) in [6, 6.07) is 3.05. The van der Waals surface area contributed by atoms with Gasteiger partial charge >= 0.3 is 0 Å². The van der Waals surface area contributed by atoms with Crippen molar-refractivity contribution in [2.24, 2.45) is 0 Å². The van der Waals surface area contributed by atoms with Gasteiger partial charge in [0.15, 0.2) is 5.15 Å². The van der Waals surface area contributed by atoms with E-state index in [0.717, 1.165) is 18.0 Å². The van der Waals surface area contributed by atoms with E-state index in [9.17, 15) is 0 Å². The minimum absolute atomic E-state index is 0.327. The summed E-state index contributed by atoms with van der Waals surface area (Å²) < 4.78 is 4.07. The molecule has 2 atom stereocenters. The van der Waals surface area contributed by atoms with Crippen molar-refractivity contribution in [2.45, 2.75) is 25.4 Å². The van der Waals surface area contributed by atoms with Crippen molar-refractivity contribution in [3.8, 4) is 6.07 Å². The van der Waals surface area contributed by atoms with Crippen LogP contribution in [-0.2, 0) is 0 Å². The molecule has 0 bridgehead atoms. The van der Waals surface area contributed by atoms with E-state index in [-0.39, 0.29) is 0 Å². The van der Waals surface area contributed by atoms with Gasteiger partial charge in [0.05, 0.1) is 0 Å². The first kappa shape index (κ1) is 12.6. The first-order valence-corrected chi connectivity index (χ1v) is 6.69. The van der Waals surface area contributed by atoms with E-state index >= 15 is 0 Å². The molecule has 0 aliphatic carbocycles. The molecule has 0 saturated carbocycles. The summed E-state index contributed by atoms with van der Waals surface area (Å²) in [5.41, 5.74) is 0.517. The lowest BCUT2D eigenvalue weighted by molar-refractivity contribution is 0.283. The van der Waals surface area contributed by atoms with Crippen LogP contribution in [0.2, 0.25) is 5.15 Å². The lowest BCUT2D eigenvalue weighted by Crippen LogP contribution is -2.39. The Balaban J connectivity index is 2.28. The fourth-order valence-electron chi connectivity index (χ4n) is 2.45. The highest BCUT2D eigenvalue weighted by Crippen LogP contribution is 2.36.